The van der Waals surface area contributed by atoms with E-state index < -0.39 is 82.7 Å². The van der Waals surface area contributed by atoms with Crippen LogP contribution >= 0.6 is 62.3 Å². The number of amides is 4. The molecule has 3 radical (unpaired) electrons. The number of methoxy groups -OCH3 is 2. The minimum atomic E-state index is -3.93. The summed E-state index contributed by atoms with van der Waals surface area (Å²) in [5.41, 5.74) is 1.82. The van der Waals surface area contributed by atoms with Gasteiger partial charge in [-0.25, -0.2) is 48.6 Å². The molecular formula is C50H56BBrCl4F4N7O13S2Si. The molecule has 0 bridgehead atoms. The van der Waals surface area contributed by atoms with Gasteiger partial charge in [-0.2, -0.15) is 10.1 Å². The Kier molecular flexibility index (Phi) is 24.5. The zero-order chi connectivity index (χ0) is 61.6. The van der Waals surface area contributed by atoms with Gasteiger partial charge in [-0.3, -0.25) is 25.1 Å². The van der Waals surface area contributed by atoms with Crippen molar-refractivity contribution in [2.45, 2.75) is 119 Å². The van der Waals surface area contributed by atoms with Gasteiger partial charge in [0.15, 0.2) is 37.0 Å². The topological polar surface area (TPSA) is 284 Å². The fraction of sp³-hybridized carbons (Fsp3) is 0.400. The first-order valence-electron chi connectivity index (χ1n) is 24.2. The number of Topliss-reactive ketones (excluding diaryl/α,β-unsaturated/α-hetero) is 1. The number of sulfonamides is 2. The average Bonchev–Trinajstić information content (AvgIpc) is 3.56. The number of carbonyl (C=O) groups is 4. The quantitative estimate of drug-likeness (QED) is 0.0268. The van der Waals surface area contributed by atoms with Gasteiger partial charge in [0.1, 0.15) is 32.8 Å². The summed E-state index contributed by atoms with van der Waals surface area (Å²) < 4.78 is 136. The van der Waals surface area contributed by atoms with Gasteiger partial charge in [0.2, 0.25) is 20.0 Å². The number of nitrogens with one attached hydrogen (secondary N) is 4. The van der Waals surface area contributed by atoms with Crippen molar-refractivity contribution < 1.29 is 76.9 Å². The van der Waals surface area contributed by atoms with Crippen molar-refractivity contribution in [2.75, 3.05) is 19.2 Å². The number of nitrogens with two attached hydrogens (primary N) is 1. The van der Waals surface area contributed by atoms with Crippen LogP contribution in [0, 0.1) is 11.3 Å². The summed E-state index contributed by atoms with van der Waals surface area (Å²) in [7, 11) is -6.95. The van der Waals surface area contributed by atoms with Gasteiger partial charge < -0.3 is 29.1 Å². The lowest BCUT2D eigenvalue weighted by Gasteiger charge is -2.44. The molecule has 7 rings (SSSR count). The lowest BCUT2D eigenvalue weighted by atomic mass is 9.83. The van der Waals surface area contributed by atoms with Crippen molar-refractivity contribution in [3.63, 3.8) is 0 Å². The largest absolute Gasteiger partial charge is 0.495 e. The van der Waals surface area contributed by atoms with Crippen molar-refractivity contribution in [1.29, 1.82) is 5.41 Å². The van der Waals surface area contributed by atoms with Gasteiger partial charge in [-0.15, -0.1) is 0 Å². The zero-order valence-corrected chi connectivity index (χ0v) is 52.6. The van der Waals surface area contributed by atoms with Crippen LogP contribution in [0.5, 0.6) is 34.5 Å². The van der Waals surface area contributed by atoms with E-state index in [-0.39, 0.29) is 91.7 Å². The molecule has 0 aromatic heterocycles. The molecule has 2 saturated carbocycles. The van der Waals surface area contributed by atoms with E-state index in [4.69, 9.17) is 75.2 Å². The summed E-state index contributed by atoms with van der Waals surface area (Å²) in [5, 5.41) is 12.2. The zero-order valence-electron chi connectivity index (χ0n) is 45.3. The third kappa shape index (κ3) is 18.5. The van der Waals surface area contributed by atoms with Gasteiger partial charge in [-0.05, 0) is 98.3 Å². The minimum Gasteiger partial charge on any atom is -0.495 e. The lowest BCUT2D eigenvalue weighted by molar-refractivity contribution is -0.124. The van der Waals surface area contributed by atoms with E-state index in [1.165, 1.54) is 62.0 Å². The highest BCUT2D eigenvalue weighted by molar-refractivity contribution is 9.10. The number of hydrazone groups is 1. The van der Waals surface area contributed by atoms with E-state index >= 15 is 0 Å². The number of imide groups is 1. The standard InChI is InChI=1S/C23H30BrCl2NO5SSi.C23H21Cl2F2N3O6S.C4H5F2N3O2.B/c1-23(2,3)34(5,6)32-17-11-15(12-17)27-33(28,29)21-13-16(7-8-20(21)30-4)31-22-18(25)9-14(24)10-19(22)26;1-11-5-12(6-11)29-37(33,34)19-9-14(3-4-18(19)35-2)36-22-15(24)7-13(8-16(22)25)30-20(32)10-17(31)21(28-30)23(26)27;5-2(6)1(7)3(10)9-4(8)11;/h7-10,13,15,17,27H,11-12H2,1-6H3;3-4,7-9,11-12,23,29H,5-6,10H2,1-2H3;2,7H,(H3,8,9,10,11);. The molecule has 33 heteroatoms. The van der Waals surface area contributed by atoms with Gasteiger partial charge in [0.25, 0.3) is 24.7 Å². The van der Waals surface area contributed by atoms with Gasteiger partial charge in [-0.1, -0.05) is 90.0 Å². The maximum Gasteiger partial charge on any atom is 0.319 e. The van der Waals surface area contributed by atoms with Crippen LogP contribution in [0.15, 0.2) is 80.0 Å². The number of nitrogens with zero attached hydrogens (tertiary/aromatic N) is 2. The van der Waals surface area contributed by atoms with E-state index in [0.717, 1.165) is 12.8 Å². The highest BCUT2D eigenvalue weighted by atomic mass is 79.9. The van der Waals surface area contributed by atoms with Crippen LogP contribution in [-0.4, -0.2) is 114 Å². The fourth-order valence-corrected chi connectivity index (χ4v) is 13.7. The molecule has 83 heavy (non-hydrogen) atoms. The molecular weight excluding hydrogens is 1310 g/mol. The van der Waals surface area contributed by atoms with Crippen LogP contribution in [-0.2, 0) is 38.9 Å². The summed E-state index contributed by atoms with van der Waals surface area (Å²) in [4.78, 5) is 43.9. The normalized spacial score (nSPS) is 18.0. The predicted molar refractivity (Wildman–Crippen MR) is 312 cm³/mol. The Bertz CT molecular complexity index is 3340. The van der Waals surface area contributed by atoms with Crippen LogP contribution < -0.4 is 44.5 Å². The Balaban J connectivity index is 0.000000300. The molecule has 4 aromatic rings. The summed E-state index contributed by atoms with van der Waals surface area (Å²) in [6.07, 6.45) is -4.37. The molecule has 0 atom stereocenters. The lowest BCUT2D eigenvalue weighted by Crippen LogP contribution is -2.53. The Morgan fingerprint density at radius 2 is 1.22 bits per heavy atom. The first-order valence-corrected chi connectivity index (χ1v) is 32.4. The van der Waals surface area contributed by atoms with Crippen molar-refractivity contribution >= 4 is 140 Å². The van der Waals surface area contributed by atoms with Crippen LogP contribution in [0.4, 0.5) is 28.0 Å². The molecule has 1 heterocycles. The second-order valence-electron chi connectivity index (χ2n) is 20.1. The number of primary amides is 1. The molecule has 20 nitrogen and oxygen atoms in total. The molecule has 0 unspecified atom stereocenters. The number of urea groups is 1. The number of ether oxygens (including phenoxy) is 4. The van der Waals surface area contributed by atoms with Crippen molar-refractivity contribution in [2.24, 2.45) is 16.8 Å². The molecule has 3 aliphatic rings. The number of benzene rings is 4. The van der Waals surface area contributed by atoms with Crippen LogP contribution in [0.2, 0.25) is 38.2 Å². The number of ketones is 1. The number of anilines is 1. The van der Waals surface area contributed by atoms with E-state index in [1.807, 2.05) is 6.92 Å². The second-order valence-corrected chi connectivity index (χ2v) is 30.7. The molecule has 1 aliphatic heterocycles. The molecule has 2 aliphatic carbocycles. The van der Waals surface area contributed by atoms with Crippen molar-refractivity contribution in [3.8, 4) is 34.5 Å². The van der Waals surface area contributed by atoms with Crippen molar-refractivity contribution in [3.05, 3.63) is 85.2 Å². The summed E-state index contributed by atoms with van der Waals surface area (Å²) in [5.74, 6) is -2.16. The summed E-state index contributed by atoms with van der Waals surface area (Å²) >= 11 is 28.4. The highest BCUT2D eigenvalue weighted by Gasteiger charge is 2.44. The molecule has 0 saturated heterocycles. The van der Waals surface area contributed by atoms with E-state index in [1.54, 1.807) is 18.2 Å². The fourth-order valence-electron chi connectivity index (χ4n) is 7.57. The highest BCUT2D eigenvalue weighted by Crippen LogP contribution is 2.44. The Hall–Kier alpha value is -5.08. The Morgan fingerprint density at radius 3 is 1.60 bits per heavy atom. The summed E-state index contributed by atoms with van der Waals surface area (Å²) in [6.45, 7) is 13.0. The maximum absolute atomic E-state index is 13.2. The number of halogens is 9. The number of alkyl halides is 4. The van der Waals surface area contributed by atoms with Crippen molar-refractivity contribution in [1.82, 2.24) is 14.8 Å². The van der Waals surface area contributed by atoms with Crippen LogP contribution in [0.3, 0.4) is 0 Å². The third-order valence-corrected chi connectivity index (χ3v) is 22.0. The Morgan fingerprint density at radius 1 is 0.783 bits per heavy atom. The number of carbonyl (C=O) groups excluding carboxylic acids is 4. The smallest absolute Gasteiger partial charge is 0.319 e. The summed E-state index contributed by atoms with van der Waals surface area (Å²) in [6, 6.07) is 12.7. The molecule has 6 N–H and O–H groups in total. The first kappa shape index (κ1) is 70.4. The molecule has 2 fully saturated rings. The van der Waals surface area contributed by atoms with Gasteiger partial charge in [0, 0.05) is 43.2 Å². The number of hydrogen-bond donors (Lipinski definition) is 5. The SMILES string of the molecule is COc1ccc(Oc2c(Cl)cc(Br)cc2Cl)cc1S(=O)(=O)NC1CC(O[Si](C)(C)C(C)(C)C)C1.COc1ccc(Oc2c(Cl)cc(N3N=C(C(F)F)C(=O)CC3=O)cc2Cl)cc1S(=O)(=O)NC1CC(C)C1.N=C(C(=O)NC(N)=O)C(F)F.[B]. The molecule has 0 spiro atoms. The van der Waals surface area contributed by atoms with Gasteiger partial charge in [0.05, 0.1) is 46.4 Å². The number of rotatable bonds is 18. The minimum absolute atomic E-state index is 0. The second kappa shape index (κ2) is 28.9. The monoisotopic (exact) mass is 1360 g/mol. The van der Waals surface area contributed by atoms with Gasteiger partial charge >= 0.3 is 6.03 Å². The van der Waals surface area contributed by atoms with E-state index in [9.17, 15) is 53.6 Å². The van der Waals surface area contributed by atoms with E-state index in [2.05, 4.69) is 70.1 Å². The average molecular weight is 1360 g/mol. The van der Waals surface area contributed by atoms with Crippen LogP contribution in [0.25, 0.3) is 0 Å². The third-order valence-electron chi connectivity index (χ3n) is 12.8. The number of hydrogen-bond acceptors (Lipinski definition) is 15. The maximum atomic E-state index is 13.2. The first-order chi connectivity index (χ1) is 38.0. The van der Waals surface area contributed by atoms with E-state index in [0.29, 0.717) is 38.3 Å². The Labute approximate surface area is 508 Å². The molecule has 4 aromatic carbocycles. The molecule has 451 valence electrons. The van der Waals surface area contributed by atoms with Crippen LogP contribution in [0.1, 0.15) is 59.8 Å². The predicted octanol–water partition coefficient (Wildman–Crippen LogP) is 11.3. The molecule has 4 amide bonds.